The number of ether oxygens (including phenoxy) is 2. The molecule has 4 rings (SSSR count). The standard InChI is InChI=1S/C28H31ClN2O4S/c1-4-19(2)14-31(28(33)22-7-5-6-8-23(22)29)17-27(32)30(16-26-20(3)11-12-36-26)15-21-9-10-24-25(13-21)35-18-34-24/h5-13,19H,4,14-18H2,1-3H3/t19-/m0/s1. The third kappa shape index (κ3) is 6.20. The quantitative estimate of drug-likeness (QED) is 0.317. The molecule has 1 aromatic heterocycles. The highest BCUT2D eigenvalue weighted by molar-refractivity contribution is 7.10. The summed E-state index contributed by atoms with van der Waals surface area (Å²) in [5.41, 5.74) is 2.49. The van der Waals surface area contributed by atoms with Gasteiger partial charge in [-0.1, -0.05) is 50.1 Å². The van der Waals surface area contributed by atoms with Crippen molar-refractivity contribution in [2.75, 3.05) is 19.9 Å². The van der Waals surface area contributed by atoms with Gasteiger partial charge in [0.25, 0.3) is 5.91 Å². The third-order valence-corrected chi connectivity index (χ3v) is 7.75. The van der Waals surface area contributed by atoms with Crippen molar-refractivity contribution in [3.05, 3.63) is 80.5 Å². The molecule has 1 aliphatic rings. The van der Waals surface area contributed by atoms with Gasteiger partial charge < -0.3 is 19.3 Å². The van der Waals surface area contributed by atoms with Crippen LogP contribution in [-0.4, -0.2) is 41.5 Å². The summed E-state index contributed by atoms with van der Waals surface area (Å²) in [6, 6.07) is 14.8. The van der Waals surface area contributed by atoms with Crippen LogP contribution in [0.25, 0.3) is 0 Å². The van der Waals surface area contributed by atoms with Crippen molar-refractivity contribution < 1.29 is 19.1 Å². The summed E-state index contributed by atoms with van der Waals surface area (Å²) in [5.74, 6) is 1.27. The Morgan fingerprint density at radius 2 is 1.83 bits per heavy atom. The molecule has 36 heavy (non-hydrogen) atoms. The second-order valence-corrected chi connectivity index (χ2v) is 10.6. The summed E-state index contributed by atoms with van der Waals surface area (Å²) >= 11 is 7.96. The molecule has 2 heterocycles. The molecule has 0 aliphatic carbocycles. The van der Waals surface area contributed by atoms with Gasteiger partial charge in [0.05, 0.1) is 17.1 Å². The molecule has 8 heteroatoms. The van der Waals surface area contributed by atoms with Crippen LogP contribution in [0, 0.1) is 12.8 Å². The lowest BCUT2D eigenvalue weighted by Crippen LogP contribution is -2.44. The van der Waals surface area contributed by atoms with Crippen LogP contribution in [0.5, 0.6) is 11.5 Å². The van der Waals surface area contributed by atoms with E-state index in [1.54, 1.807) is 45.4 Å². The Kier molecular flexibility index (Phi) is 8.54. The number of amides is 2. The first-order chi connectivity index (χ1) is 17.4. The minimum Gasteiger partial charge on any atom is -0.454 e. The van der Waals surface area contributed by atoms with Gasteiger partial charge in [0.15, 0.2) is 11.5 Å². The first kappa shape index (κ1) is 26.0. The second-order valence-electron chi connectivity index (χ2n) is 9.14. The molecule has 190 valence electrons. The van der Waals surface area contributed by atoms with Gasteiger partial charge in [-0.15, -0.1) is 11.3 Å². The molecule has 0 spiro atoms. The Bertz CT molecular complexity index is 1230. The Balaban J connectivity index is 1.59. The number of benzene rings is 2. The molecular weight excluding hydrogens is 496 g/mol. The Morgan fingerprint density at radius 1 is 1.06 bits per heavy atom. The maximum Gasteiger partial charge on any atom is 0.255 e. The number of thiophene rings is 1. The van der Waals surface area contributed by atoms with Gasteiger partial charge >= 0.3 is 0 Å². The van der Waals surface area contributed by atoms with Crippen molar-refractivity contribution in [1.29, 1.82) is 0 Å². The van der Waals surface area contributed by atoms with Crippen LogP contribution in [0.1, 0.15) is 46.6 Å². The lowest BCUT2D eigenvalue weighted by molar-refractivity contribution is -0.133. The third-order valence-electron chi connectivity index (χ3n) is 6.41. The van der Waals surface area contributed by atoms with E-state index in [9.17, 15) is 9.59 Å². The Morgan fingerprint density at radius 3 is 2.56 bits per heavy atom. The molecule has 0 N–H and O–H groups in total. The summed E-state index contributed by atoms with van der Waals surface area (Å²) in [6.45, 7) is 7.72. The van der Waals surface area contributed by atoms with Crippen molar-refractivity contribution >= 4 is 34.8 Å². The van der Waals surface area contributed by atoms with Gasteiger partial charge in [-0.25, -0.2) is 0 Å². The zero-order valence-electron chi connectivity index (χ0n) is 20.8. The van der Waals surface area contributed by atoms with Gasteiger partial charge in [0.2, 0.25) is 12.7 Å². The molecule has 0 unspecified atom stereocenters. The van der Waals surface area contributed by atoms with Gasteiger partial charge in [0.1, 0.15) is 6.54 Å². The molecule has 1 aliphatic heterocycles. The van der Waals surface area contributed by atoms with Crippen molar-refractivity contribution in [2.24, 2.45) is 5.92 Å². The van der Waals surface area contributed by atoms with Crippen LogP contribution in [0.3, 0.4) is 0 Å². The predicted molar refractivity (Wildman–Crippen MR) is 143 cm³/mol. The van der Waals surface area contributed by atoms with Crippen molar-refractivity contribution in [3.63, 3.8) is 0 Å². The van der Waals surface area contributed by atoms with E-state index in [2.05, 4.69) is 19.9 Å². The predicted octanol–water partition coefficient (Wildman–Crippen LogP) is 6.16. The monoisotopic (exact) mass is 526 g/mol. The van der Waals surface area contributed by atoms with E-state index in [0.29, 0.717) is 41.7 Å². The summed E-state index contributed by atoms with van der Waals surface area (Å²) < 4.78 is 11.0. The fraction of sp³-hybridized carbons (Fsp3) is 0.357. The molecule has 0 bridgehead atoms. The molecule has 2 amide bonds. The van der Waals surface area contributed by atoms with Crippen LogP contribution in [0.4, 0.5) is 0 Å². The lowest BCUT2D eigenvalue weighted by Gasteiger charge is -2.29. The number of carbonyl (C=O) groups excluding carboxylic acids is 2. The number of nitrogens with zero attached hydrogens (tertiary/aromatic N) is 2. The van der Waals surface area contributed by atoms with E-state index in [0.717, 1.165) is 22.4 Å². The van der Waals surface area contributed by atoms with E-state index in [-0.39, 0.29) is 31.1 Å². The first-order valence-electron chi connectivity index (χ1n) is 12.1. The number of rotatable bonds is 10. The Labute approximate surface area is 221 Å². The Hall–Kier alpha value is -3.03. The molecule has 0 saturated carbocycles. The van der Waals surface area contributed by atoms with Crippen LogP contribution in [-0.2, 0) is 17.9 Å². The number of hydrogen-bond acceptors (Lipinski definition) is 5. The summed E-state index contributed by atoms with van der Waals surface area (Å²) in [6.07, 6.45) is 0.899. The highest BCUT2D eigenvalue weighted by Crippen LogP contribution is 2.33. The van der Waals surface area contributed by atoms with Crippen LogP contribution in [0.2, 0.25) is 5.02 Å². The van der Waals surface area contributed by atoms with Crippen LogP contribution < -0.4 is 9.47 Å². The number of fused-ring (bicyclic) bond motifs is 1. The number of hydrogen-bond donors (Lipinski definition) is 0. The van der Waals surface area contributed by atoms with Gasteiger partial charge in [-0.3, -0.25) is 9.59 Å². The minimum absolute atomic E-state index is 0.0244. The van der Waals surface area contributed by atoms with Crippen molar-refractivity contribution in [2.45, 2.75) is 40.3 Å². The molecule has 1 atom stereocenters. The molecule has 0 saturated heterocycles. The van der Waals surface area contributed by atoms with E-state index in [4.69, 9.17) is 21.1 Å². The fourth-order valence-corrected chi connectivity index (χ4v) is 5.16. The summed E-state index contributed by atoms with van der Waals surface area (Å²) in [7, 11) is 0. The molecule has 6 nitrogen and oxygen atoms in total. The summed E-state index contributed by atoms with van der Waals surface area (Å²) in [4.78, 5) is 31.8. The highest BCUT2D eigenvalue weighted by atomic mass is 35.5. The van der Waals surface area contributed by atoms with Crippen molar-refractivity contribution in [3.8, 4) is 11.5 Å². The normalized spacial score (nSPS) is 12.9. The van der Waals surface area contributed by atoms with E-state index in [1.165, 1.54) is 0 Å². The smallest absolute Gasteiger partial charge is 0.255 e. The maximum absolute atomic E-state index is 13.8. The van der Waals surface area contributed by atoms with E-state index >= 15 is 0 Å². The summed E-state index contributed by atoms with van der Waals surface area (Å²) in [5, 5.41) is 2.42. The fourth-order valence-electron chi connectivity index (χ4n) is 4.02. The molecular formula is C28H31ClN2O4S. The molecule has 3 aromatic rings. The highest BCUT2D eigenvalue weighted by Gasteiger charge is 2.26. The maximum atomic E-state index is 13.8. The van der Waals surface area contributed by atoms with Gasteiger partial charge in [0, 0.05) is 18.0 Å². The number of carbonyl (C=O) groups is 2. The number of halogens is 1. The SMILES string of the molecule is CC[C@H](C)CN(CC(=O)N(Cc1ccc2c(c1)OCO2)Cc1sccc1C)C(=O)c1ccccc1Cl. The van der Waals surface area contributed by atoms with E-state index in [1.807, 2.05) is 30.5 Å². The average molecular weight is 527 g/mol. The first-order valence-corrected chi connectivity index (χ1v) is 13.3. The van der Waals surface area contributed by atoms with Crippen LogP contribution >= 0.6 is 22.9 Å². The zero-order chi connectivity index (χ0) is 25.7. The lowest BCUT2D eigenvalue weighted by atomic mass is 10.1. The topological polar surface area (TPSA) is 59.1 Å². The van der Waals surface area contributed by atoms with Crippen molar-refractivity contribution in [1.82, 2.24) is 9.80 Å². The van der Waals surface area contributed by atoms with Gasteiger partial charge in [-0.2, -0.15) is 0 Å². The average Bonchev–Trinajstić information content (AvgIpc) is 3.51. The minimum atomic E-state index is -0.232. The van der Waals surface area contributed by atoms with E-state index < -0.39 is 0 Å². The number of aryl methyl sites for hydroxylation is 1. The molecule has 0 fully saturated rings. The second kappa shape index (κ2) is 11.8. The molecule has 2 aromatic carbocycles. The van der Waals surface area contributed by atoms with Gasteiger partial charge in [-0.05, 0) is 59.7 Å². The van der Waals surface area contributed by atoms with Crippen LogP contribution in [0.15, 0.2) is 53.9 Å². The zero-order valence-corrected chi connectivity index (χ0v) is 22.4. The largest absolute Gasteiger partial charge is 0.454 e. The molecule has 0 radical (unpaired) electrons.